The Morgan fingerprint density at radius 2 is 1.79 bits per heavy atom. The molecule has 0 heterocycles. The lowest BCUT2D eigenvalue weighted by Gasteiger charge is -2.27. The first-order chi connectivity index (χ1) is 11.3. The van der Waals surface area contributed by atoms with Gasteiger partial charge in [0.15, 0.2) is 0 Å². The highest BCUT2D eigenvalue weighted by atomic mass is 79.9. The highest BCUT2D eigenvalue weighted by Crippen LogP contribution is 2.30. The molecule has 0 aliphatic rings. The molecule has 138 valence electrons. The fraction of sp³-hybridized carbons (Fsp3) is 0.647. The van der Waals surface area contributed by atoms with Crippen molar-refractivity contribution in [1.29, 1.82) is 0 Å². The predicted octanol–water partition coefficient (Wildman–Crippen LogP) is 3.45. The van der Waals surface area contributed by atoms with Gasteiger partial charge in [0.05, 0.1) is 7.11 Å². The van der Waals surface area contributed by atoms with Gasteiger partial charge in [0.1, 0.15) is 10.6 Å². The van der Waals surface area contributed by atoms with E-state index in [4.69, 9.17) is 4.74 Å². The van der Waals surface area contributed by atoms with E-state index in [2.05, 4.69) is 34.7 Å². The van der Waals surface area contributed by atoms with Crippen LogP contribution in [0.3, 0.4) is 0 Å². The van der Waals surface area contributed by atoms with Crippen LogP contribution in [0.15, 0.2) is 27.6 Å². The number of hydrogen-bond donors (Lipinski definition) is 0. The number of sulfonamides is 1. The normalized spacial score (nSPS) is 12.4. The second-order valence-corrected chi connectivity index (χ2v) is 8.90. The Labute approximate surface area is 155 Å². The fourth-order valence-corrected chi connectivity index (χ4v) is 4.79. The van der Waals surface area contributed by atoms with Crippen LogP contribution in [0.5, 0.6) is 5.75 Å². The molecule has 0 bridgehead atoms. The van der Waals surface area contributed by atoms with Crippen LogP contribution >= 0.6 is 15.9 Å². The number of halogens is 1. The van der Waals surface area contributed by atoms with Crippen molar-refractivity contribution in [2.24, 2.45) is 5.92 Å². The molecule has 0 amide bonds. The topological polar surface area (TPSA) is 49.9 Å². The van der Waals surface area contributed by atoms with Gasteiger partial charge in [0.2, 0.25) is 10.0 Å². The molecular weight excluding hydrogens is 392 g/mol. The van der Waals surface area contributed by atoms with Gasteiger partial charge in [-0.2, -0.15) is 4.31 Å². The van der Waals surface area contributed by atoms with Crippen molar-refractivity contribution in [3.8, 4) is 5.75 Å². The van der Waals surface area contributed by atoms with Gasteiger partial charge >= 0.3 is 0 Å². The van der Waals surface area contributed by atoms with Crippen molar-refractivity contribution in [2.45, 2.75) is 32.6 Å². The smallest absolute Gasteiger partial charge is 0.246 e. The molecule has 0 aliphatic heterocycles. The molecule has 0 saturated heterocycles. The predicted molar refractivity (Wildman–Crippen MR) is 102 cm³/mol. The quantitative estimate of drug-likeness (QED) is 0.581. The summed E-state index contributed by atoms with van der Waals surface area (Å²) in [5.41, 5.74) is 0. The second-order valence-electron chi connectivity index (χ2n) is 6.08. The fourth-order valence-electron chi connectivity index (χ4n) is 2.50. The Morgan fingerprint density at radius 3 is 2.29 bits per heavy atom. The average molecular weight is 421 g/mol. The van der Waals surface area contributed by atoms with Crippen molar-refractivity contribution < 1.29 is 13.2 Å². The summed E-state index contributed by atoms with van der Waals surface area (Å²) in [6.07, 6.45) is 0. The first-order valence-electron chi connectivity index (χ1n) is 8.32. The number of nitrogens with zero attached hydrogens (tertiary/aromatic N) is 2. The first kappa shape index (κ1) is 21.4. The van der Waals surface area contributed by atoms with E-state index in [9.17, 15) is 8.42 Å². The molecule has 7 heteroatoms. The summed E-state index contributed by atoms with van der Waals surface area (Å²) in [5, 5.41) is 0. The van der Waals surface area contributed by atoms with Gasteiger partial charge in [-0.1, -0.05) is 43.6 Å². The van der Waals surface area contributed by atoms with Crippen LogP contribution in [-0.2, 0) is 10.0 Å². The molecule has 1 rings (SSSR count). The molecule has 0 fully saturated rings. The van der Waals surface area contributed by atoms with Gasteiger partial charge in [-0.15, -0.1) is 0 Å². The molecule has 0 saturated carbocycles. The summed E-state index contributed by atoms with van der Waals surface area (Å²) < 4.78 is 34.0. The zero-order valence-corrected chi connectivity index (χ0v) is 17.7. The summed E-state index contributed by atoms with van der Waals surface area (Å²) in [4.78, 5) is 2.43. The van der Waals surface area contributed by atoms with E-state index in [1.807, 2.05) is 13.8 Å². The molecule has 0 atom stereocenters. The van der Waals surface area contributed by atoms with Crippen LogP contribution in [0.4, 0.5) is 0 Å². The van der Waals surface area contributed by atoms with E-state index >= 15 is 0 Å². The minimum Gasteiger partial charge on any atom is -0.495 e. The molecule has 5 nitrogen and oxygen atoms in total. The summed E-state index contributed by atoms with van der Waals surface area (Å²) in [7, 11) is -2.13. The van der Waals surface area contributed by atoms with Crippen molar-refractivity contribution >= 4 is 26.0 Å². The first-order valence-corrected chi connectivity index (χ1v) is 10.6. The number of likely N-dealkylation sites (N-methyl/N-ethyl adjacent to an activating group) is 1. The Kier molecular flexibility index (Phi) is 8.70. The number of ether oxygens (including phenoxy) is 1. The van der Waals surface area contributed by atoms with E-state index in [1.54, 1.807) is 22.5 Å². The Morgan fingerprint density at radius 1 is 1.17 bits per heavy atom. The van der Waals surface area contributed by atoms with Crippen molar-refractivity contribution in [3.63, 3.8) is 0 Å². The third-order valence-electron chi connectivity index (χ3n) is 3.87. The van der Waals surface area contributed by atoms with E-state index in [0.717, 1.165) is 24.1 Å². The zero-order chi connectivity index (χ0) is 18.3. The van der Waals surface area contributed by atoms with E-state index < -0.39 is 10.0 Å². The minimum atomic E-state index is -3.62. The van der Waals surface area contributed by atoms with Crippen LogP contribution < -0.4 is 4.74 Å². The number of rotatable bonds is 10. The lowest BCUT2D eigenvalue weighted by atomic mass is 10.2. The van der Waals surface area contributed by atoms with Gasteiger partial charge < -0.3 is 9.64 Å². The molecule has 0 aromatic heterocycles. The van der Waals surface area contributed by atoms with Gasteiger partial charge in [0.25, 0.3) is 0 Å². The monoisotopic (exact) mass is 420 g/mol. The van der Waals surface area contributed by atoms with Gasteiger partial charge in [-0.3, -0.25) is 0 Å². The van der Waals surface area contributed by atoms with Crippen LogP contribution in [-0.4, -0.2) is 57.5 Å². The molecule has 0 radical (unpaired) electrons. The second kappa shape index (κ2) is 9.75. The molecule has 1 aromatic carbocycles. The van der Waals surface area contributed by atoms with Crippen molar-refractivity contribution in [2.75, 3.05) is 39.8 Å². The molecular formula is C17H29BrN2O3S. The molecule has 0 spiro atoms. The largest absolute Gasteiger partial charge is 0.495 e. The van der Waals surface area contributed by atoms with Gasteiger partial charge in [-0.05, 0) is 37.2 Å². The summed E-state index contributed by atoms with van der Waals surface area (Å²) in [6.45, 7) is 11.7. The molecule has 0 unspecified atom stereocenters. The Bertz CT molecular complexity index is 616. The Balaban J connectivity index is 3.17. The zero-order valence-electron chi connectivity index (χ0n) is 15.3. The number of hydrogen-bond acceptors (Lipinski definition) is 4. The van der Waals surface area contributed by atoms with E-state index in [-0.39, 0.29) is 10.8 Å². The number of methoxy groups -OCH3 is 1. The highest BCUT2D eigenvalue weighted by molar-refractivity contribution is 9.10. The summed E-state index contributed by atoms with van der Waals surface area (Å²) in [6, 6.07) is 5.06. The molecule has 0 aliphatic carbocycles. The van der Waals surface area contributed by atoms with E-state index in [1.165, 1.54) is 7.11 Å². The Hall–Kier alpha value is -0.630. The van der Waals surface area contributed by atoms with Crippen LogP contribution in [0.25, 0.3) is 0 Å². The maximum atomic E-state index is 13.2. The summed E-state index contributed by atoms with van der Waals surface area (Å²) in [5.74, 6) is 0.615. The van der Waals surface area contributed by atoms with Crippen molar-refractivity contribution in [3.05, 3.63) is 22.7 Å². The molecule has 0 N–H and O–H groups in total. The third-order valence-corrected chi connectivity index (χ3v) is 6.25. The third kappa shape index (κ3) is 5.72. The van der Waals surface area contributed by atoms with Crippen LogP contribution in [0.1, 0.15) is 27.7 Å². The van der Waals surface area contributed by atoms with Crippen LogP contribution in [0.2, 0.25) is 0 Å². The summed E-state index contributed by atoms with van der Waals surface area (Å²) >= 11 is 3.36. The lowest BCUT2D eigenvalue weighted by molar-refractivity contribution is 0.261. The molecule has 24 heavy (non-hydrogen) atoms. The number of benzene rings is 1. The maximum absolute atomic E-state index is 13.2. The maximum Gasteiger partial charge on any atom is 0.246 e. The molecule has 1 aromatic rings. The van der Waals surface area contributed by atoms with Crippen molar-refractivity contribution in [1.82, 2.24) is 9.21 Å². The van der Waals surface area contributed by atoms with Gasteiger partial charge in [0, 0.05) is 24.1 Å². The van der Waals surface area contributed by atoms with E-state index in [0.29, 0.717) is 18.8 Å². The van der Waals surface area contributed by atoms with Gasteiger partial charge in [-0.25, -0.2) is 8.42 Å². The lowest BCUT2D eigenvalue weighted by Crippen LogP contribution is -2.40. The standard InChI is InChI=1S/C17H29BrN2O3S/c1-6-19(7-2)10-11-20(13-14(3)4)24(21,22)17-12-15(18)8-9-16(17)23-5/h8-9,12,14H,6-7,10-11,13H2,1-5H3. The SMILES string of the molecule is CCN(CC)CCN(CC(C)C)S(=O)(=O)c1cc(Br)ccc1OC. The average Bonchev–Trinajstić information content (AvgIpc) is 2.54. The highest BCUT2D eigenvalue weighted by Gasteiger charge is 2.28. The van der Waals surface area contributed by atoms with Crippen LogP contribution in [0, 0.1) is 5.92 Å². The minimum absolute atomic E-state index is 0.208.